The Morgan fingerprint density at radius 3 is 2.92 bits per heavy atom. The number of nitrogens with two attached hydrogens (primary N) is 1. The topological polar surface area (TPSA) is 52.3 Å². The predicted octanol–water partition coefficient (Wildman–Crippen LogP) is 1.56. The van der Waals surface area contributed by atoms with Gasteiger partial charge in [0.2, 0.25) is 0 Å². The Morgan fingerprint density at radius 1 is 1.77 bits per heavy atom. The van der Waals surface area contributed by atoms with Crippen LogP contribution in [0.3, 0.4) is 0 Å². The van der Waals surface area contributed by atoms with E-state index in [2.05, 4.69) is 0 Å². The predicted molar refractivity (Wildman–Crippen MR) is 53.5 cm³/mol. The van der Waals surface area contributed by atoms with Gasteiger partial charge in [0, 0.05) is 7.11 Å². The minimum Gasteiger partial charge on any atom is -0.383 e. The number of ketones is 1. The highest BCUT2D eigenvalue weighted by atomic mass is 35.5. The second-order valence-electron chi connectivity index (χ2n) is 2.53. The van der Waals surface area contributed by atoms with Crippen LogP contribution in [-0.4, -0.2) is 25.5 Å². The highest BCUT2D eigenvalue weighted by Crippen LogP contribution is 2.22. The first-order valence-electron chi connectivity index (χ1n) is 3.69. The van der Waals surface area contributed by atoms with E-state index in [4.69, 9.17) is 22.1 Å². The number of hydrogen-bond donors (Lipinski definition) is 1. The van der Waals surface area contributed by atoms with E-state index in [0.29, 0.717) is 9.21 Å². The van der Waals surface area contributed by atoms with Gasteiger partial charge in [0.1, 0.15) is 0 Å². The molecule has 13 heavy (non-hydrogen) atoms. The molecule has 5 heteroatoms. The van der Waals surface area contributed by atoms with E-state index in [1.807, 2.05) is 0 Å². The molecule has 0 aliphatic rings. The molecule has 0 saturated heterocycles. The van der Waals surface area contributed by atoms with Crippen molar-refractivity contribution >= 4 is 28.7 Å². The van der Waals surface area contributed by atoms with Crippen LogP contribution in [0.15, 0.2) is 12.1 Å². The van der Waals surface area contributed by atoms with E-state index in [1.165, 1.54) is 18.4 Å². The number of carbonyl (C=O) groups is 1. The zero-order valence-corrected chi connectivity index (χ0v) is 8.69. The molecule has 0 aliphatic carbocycles. The fourth-order valence-corrected chi connectivity index (χ4v) is 1.93. The summed E-state index contributed by atoms with van der Waals surface area (Å²) in [6.07, 6.45) is 0. The van der Waals surface area contributed by atoms with Gasteiger partial charge in [-0.3, -0.25) is 4.79 Å². The van der Waals surface area contributed by atoms with Crippen LogP contribution in [0.25, 0.3) is 0 Å². The molecule has 0 bridgehead atoms. The maximum absolute atomic E-state index is 11.5. The zero-order valence-electron chi connectivity index (χ0n) is 7.12. The number of halogens is 1. The van der Waals surface area contributed by atoms with Gasteiger partial charge in [0.25, 0.3) is 0 Å². The fourth-order valence-electron chi connectivity index (χ4n) is 0.885. The summed E-state index contributed by atoms with van der Waals surface area (Å²) in [5.74, 6) is -0.126. The van der Waals surface area contributed by atoms with Gasteiger partial charge in [-0.25, -0.2) is 0 Å². The molecule has 1 aromatic rings. The van der Waals surface area contributed by atoms with E-state index in [0.717, 1.165) is 0 Å². The highest BCUT2D eigenvalue weighted by Gasteiger charge is 2.16. The fraction of sp³-hybridized carbons (Fsp3) is 0.375. The van der Waals surface area contributed by atoms with Crippen molar-refractivity contribution in [1.29, 1.82) is 0 Å². The lowest BCUT2D eigenvalue weighted by Gasteiger charge is -2.06. The Hall–Kier alpha value is -0.420. The first-order chi connectivity index (χ1) is 6.15. The van der Waals surface area contributed by atoms with Crippen molar-refractivity contribution < 1.29 is 9.53 Å². The van der Waals surface area contributed by atoms with Crippen molar-refractivity contribution in [1.82, 2.24) is 0 Å². The second-order valence-corrected chi connectivity index (χ2v) is 4.24. The van der Waals surface area contributed by atoms with Crippen LogP contribution in [0.5, 0.6) is 0 Å². The smallest absolute Gasteiger partial charge is 0.191 e. The van der Waals surface area contributed by atoms with Crippen LogP contribution < -0.4 is 5.73 Å². The minimum absolute atomic E-state index is 0.126. The van der Waals surface area contributed by atoms with Gasteiger partial charge in [0.05, 0.1) is 21.9 Å². The van der Waals surface area contributed by atoms with Crippen LogP contribution in [0, 0.1) is 0 Å². The van der Waals surface area contributed by atoms with E-state index in [9.17, 15) is 4.79 Å². The van der Waals surface area contributed by atoms with Gasteiger partial charge in [-0.1, -0.05) is 11.6 Å². The van der Waals surface area contributed by atoms with Crippen molar-refractivity contribution in [2.75, 3.05) is 13.7 Å². The molecule has 1 aromatic heterocycles. The first kappa shape index (κ1) is 10.7. The lowest BCUT2D eigenvalue weighted by Crippen LogP contribution is -2.34. The quantitative estimate of drug-likeness (QED) is 0.782. The maximum Gasteiger partial charge on any atom is 0.191 e. The summed E-state index contributed by atoms with van der Waals surface area (Å²) in [4.78, 5) is 12.1. The summed E-state index contributed by atoms with van der Waals surface area (Å²) in [7, 11) is 1.51. The number of Topliss-reactive ketones (excluding diaryl/α,β-unsaturated/α-hetero) is 1. The highest BCUT2D eigenvalue weighted by molar-refractivity contribution is 7.18. The van der Waals surface area contributed by atoms with Crippen LogP contribution >= 0.6 is 22.9 Å². The van der Waals surface area contributed by atoms with E-state index in [1.54, 1.807) is 12.1 Å². The second kappa shape index (κ2) is 4.72. The summed E-state index contributed by atoms with van der Waals surface area (Å²) >= 11 is 6.91. The van der Waals surface area contributed by atoms with Crippen molar-refractivity contribution in [2.24, 2.45) is 5.73 Å². The third-order valence-corrected chi connectivity index (χ3v) is 2.74. The molecule has 0 spiro atoms. The molecule has 1 rings (SSSR count). The molecule has 2 N–H and O–H groups in total. The summed E-state index contributed by atoms with van der Waals surface area (Å²) in [5, 5.41) is 0. The Kier molecular flexibility index (Phi) is 3.87. The summed E-state index contributed by atoms with van der Waals surface area (Å²) in [6, 6.07) is 2.75. The third kappa shape index (κ3) is 2.77. The monoisotopic (exact) mass is 219 g/mol. The molecule has 0 saturated carbocycles. The zero-order chi connectivity index (χ0) is 9.84. The minimum atomic E-state index is -0.597. The van der Waals surface area contributed by atoms with E-state index >= 15 is 0 Å². The van der Waals surface area contributed by atoms with Crippen LogP contribution in [0.4, 0.5) is 0 Å². The summed E-state index contributed by atoms with van der Waals surface area (Å²) in [6.45, 7) is 0.231. The molecule has 0 fully saturated rings. The maximum atomic E-state index is 11.5. The van der Waals surface area contributed by atoms with Gasteiger partial charge in [0.15, 0.2) is 5.78 Å². The largest absolute Gasteiger partial charge is 0.383 e. The van der Waals surface area contributed by atoms with Crippen LogP contribution in [0.1, 0.15) is 9.67 Å². The lowest BCUT2D eigenvalue weighted by atomic mass is 10.2. The van der Waals surface area contributed by atoms with Crippen molar-refractivity contribution in [3.8, 4) is 0 Å². The Labute approximate surface area is 85.4 Å². The van der Waals surface area contributed by atoms with Gasteiger partial charge in [-0.05, 0) is 12.1 Å². The Bertz CT molecular complexity index is 300. The molecule has 0 aliphatic heterocycles. The number of methoxy groups -OCH3 is 1. The van der Waals surface area contributed by atoms with Crippen LogP contribution in [-0.2, 0) is 4.74 Å². The van der Waals surface area contributed by atoms with Gasteiger partial charge in [-0.2, -0.15) is 0 Å². The number of ether oxygens (including phenoxy) is 1. The molecule has 1 atom stereocenters. The van der Waals surface area contributed by atoms with Crippen molar-refractivity contribution in [3.05, 3.63) is 21.3 Å². The first-order valence-corrected chi connectivity index (χ1v) is 4.88. The van der Waals surface area contributed by atoms with Gasteiger partial charge >= 0.3 is 0 Å². The number of hydrogen-bond acceptors (Lipinski definition) is 4. The SMILES string of the molecule is COCC(N)C(=O)c1ccc(Cl)s1. The average Bonchev–Trinajstić information content (AvgIpc) is 2.51. The normalized spacial score (nSPS) is 12.8. The Balaban J connectivity index is 2.67. The molecule has 1 heterocycles. The third-order valence-electron chi connectivity index (χ3n) is 1.50. The van der Waals surface area contributed by atoms with Gasteiger partial charge < -0.3 is 10.5 Å². The molecule has 0 radical (unpaired) electrons. The lowest BCUT2D eigenvalue weighted by molar-refractivity contribution is 0.0896. The molecule has 0 amide bonds. The van der Waals surface area contributed by atoms with Gasteiger partial charge in [-0.15, -0.1) is 11.3 Å². The number of carbonyl (C=O) groups excluding carboxylic acids is 1. The van der Waals surface area contributed by atoms with E-state index in [-0.39, 0.29) is 12.4 Å². The summed E-state index contributed by atoms with van der Waals surface area (Å²) in [5.41, 5.74) is 5.56. The molecule has 0 aromatic carbocycles. The Morgan fingerprint density at radius 2 is 2.46 bits per heavy atom. The van der Waals surface area contributed by atoms with Crippen LogP contribution in [0.2, 0.25) is 4.34 Å². The van der Waals surface area contributed by atoms with Crippen molar-refractivity contribution in [2.45, 2.75) is 6.04 Å². The number of thiophene rings is 1. The molecular weight excluding hydrogens is 210 g/mol. The molecule has 1 unspecified atom stereocenters. The number of rotatable bonds is 4. The van der Waals surface area contributed by atoms with E-state index < -0.39 is 6.04 Å². The average molecular weight is 220 g/mol. The standard InChI is InChI=1S/C8H10ClNO2S/c1-12-4-5(10)8(11)6-2-3-7(9)13-6/h2-3,5H,4,10H2,1H3. The molecule has 72 valence electrons. The molecular formula is C8H10ClNO2S. The molecule has 3 nitrogen and oxygen atoms in total. The summed E-state index contributed by atoms with van der Waals surface area (Å²) < 4.78 is 5.37. The van der Waals surface area contributed by atoms with Crippen molar-refractivity contribution in [3.63, 3.8) is 0 Å².